The molecule has 0 spiro atoms. The van der Waals surface area contributed by atoms with Gasteiger partial charge >= 0.3 is 0 Å². The second-order valence-electron chi connectivity index (χ2n) is 6.73. The first kappa shape index (κ1) is 18.2. The third-order valence-corrected chi connectivity index (χ3v) is 4.74. The van der Waals surface area contributed by atoms with E-state index in [2.05, 4.69) is 37.2 Å². The number of aromatic nitrogens is 2. The van der Waals surface area contributed by atoms with E-state index in [-0.39, 0.29) is 5.69 Å². The number of hydrogen-bond acceptors (Lipinski definition) is 5. The number of benzene rings is 2. The largest absolute Gasteiger partial charge is 0.368 e. The zero-order valence-electron chi connectivity index (χ0n) is 15.6. The monoisotopic (exact) mass is 381 g/mol. The zero-order chi connectivity index (χ0) is 19.5. The molecule has 0 amide bonds. The molecule has 0 unspecified atom stereocenters. The third-order valence-electron chi connectivity index (χ3n) is 4.74. The van der Waals surface area contributed by atoms with Gasteiger partial charge in [0.25, 0.3) is 0 Å². The SMILES string of the molecule is Cc1cc(Nc2c(F)cccc2F)nc(N2CCN(c3ccccc3)CC2)n1. The minimum Gasteiger partial charge on any atom is -0.368 e. The van der Waals surface area contributed by atoms with Crippen molar-refractivity contribution in [2.45, 2.75) is 6.92 Å². The predicted molar refractivity (Wildman–Crippen MR) is 107 cm³/mol. The number of piperazine rings is 1. The normalized spacial score (nSPS) is 14.2. The highest BCUT2D eigenvalue weighted by atomic mass is 19.1. The molecule has 144 valence electrons. The Kier molecular flexibility index (Phi) is 5.06. The molecule has 0 bridgehead atoms. The van der Waals surface area contributed by atoms with Gasteiger partial charge in [0, 0.05) is 43.6 Å². The van der Waals surface area contributed by atoms with Crippen molar-refractivity contribution in [2.75, 3.05) is 41.3 Å². The molecule has 1 N–H and O–H groups in total. The highest BCUT2D eigenvalue weighted by Crippen LogP contribution is 2.24. The molecule has 1 fully saturated rings. The lowest BCUT2D eigenvalue weighted by molar-refractivity contribution is 0.590. The fourth-order valence-electron chi connectivity index (χ4n) is 3.31. The molecule has 1 saturated heterocycles. The van der Waals surface area contributed by atoms with Gasteiger partial charge in [0.2, 0.25) is 5.95 Å². The standard InChI is InChI=1S/C21H21F2N5/c1-15-14-19(25-20-17(22)8-5-9-18(20)23)26-21(24-15)28-12-10-27(11-13-28)16-6-3-2-4-7-16/h2-9,14H,10-13H2,1H3,(H,24,25,26). The Labute approximate surface area is 162 Å². The summed E-state index contributed by atoms with van der Waals surface area (Å²) in [6.45, 7) is 5.09. The second kappa shape index (κ2) is 7.80. The summed E-state index contributed by atoms with van der Waals surface area (Å²) in [5.41, 5.74) is 1.72. The first-order valence-electron chi connectivity index (χ1n) is 9.22. The summed E-state index contributed by atoms with van der Waals surface area (Å²) in [7, 11) is 0. The molecule has 28 heavy (non-hydrogen) atoms. The van der Waals surface area contributed by atoms with E-state index in [1.165, 1.54) is 23.9 Å². The Morgan fingerprint density at radius 3 is 2.14 bits per heavy atom. The van der Waals surface area contributed by atoms with Gasteiger partial charge in [0.05, 0.1) is 0 Å². The number of nitrogens with zero attached hydrogens (tertiary/aromatic N) is 4. The molecule has 0 radical (unpaired) electrons. The predicted octanol–water partition coefficient (Wildman–Crippen LogP) is 4.13. The zero-order valence-corrected chi connectivity index (χ0v) is 15.6. The van der Waals surface area contributed by atoms with Gasteiger partial charge in [-0.1, -0.05) is 24.3 Å². The maximum Gasteiger partial charge on any atom is 0.227 e. The molecule has 2 heterocycles. The van der Waals surface area contributed by atoms with Gasteiger partial charge in [-0.05, 0) is 31.2 Å². The molecule has 0 atom stereocenters. The molecule has 3 aromatic rings. The molecule has 1 aliphatic rings. The summed E-state index contributed by atoms with van der Waals surface area (Å²) < 4.78 is 27.9. The van der Waals surface area contributed by atoms with Gasteiger partial charge < -0.3 is 15.1 Å². The van der Waals surface area contributed by atoms with Gasteiger partial charge in [-0.15, -0.1) is 0 Å². The highest BCUT2D eigenvalue weighted by molar-refractivity contribution is 5.59. The van der Waals surface area contributed by atoms with Crippen LogP contribution in [0.2, 0.25) is 0 Å². The van der Waals surface area contributed by atoms with Gasteiger partial charge in [-0.25, -0.2) is 13.8 Å². The van der Waals surface area contributed by atoms with Crippen LogP contribution in [0, 0.1) is 18.6 Å². The lowest BCUT2D eigenvalue weighted by Crippen LogP contribution is -2.47. The molecule has 5 nitrogen and oxygen atoms in total. The summed E-state index contributed by atoms with van der Waals surface area (Å²) in [5.74, 6) is -0.382. The van der Waals surface area contributed by atoms with Gasteiger partial charge in [-0.2, -0.15) is 4.98 Å². The molecule has 7 heteroatoms. The fourth-order valence-corrected chi connectivity index (χ4v) is 3.31. The van der Waals surface area contributed by atoms with E-state index in [4.69, 9.17) is 0 Å². The van der Waals surface area contributed by atoms with Crippen LogP contribution in [0.1, 0.15) is 5.69 Å². The van der Waals surface area contributed by atoms with Crippen LogP contribution < -0.4 is 15.1 Å². The maximum atomic E-state index is 13.9. The summed E-state index contributed by atoms with van der Waals surface area (Å²) >= 11 is 0. The van der Waals surface area contributed by atoms with Crippen LogP contribution in [-0.4, -0.2) is 36.1 Å². The van der Waals surface area contributed by atoms with E-state index in [0.717, 1.165) is 31.9 Å². The molecule has 4 rings (SSSR count). The molecular weight excluding hydrogens is 360 g/mol. The second-order valence-corrected chi connectivity index (χ2v) is 6.73. The number of nitrogens with one attached hydrogen (secondary N) is 1. The van der Waals surface area contributed by atoms with Crippen LogP contribution in [0.25, 0.3) is 0 Å². The van der Waals surface area contributed by atoms with Crippen molar-refractivity contribution in [1.82, 2.24) is 9.97 Å². The number of halogens is 2. The van der Waals surface area contributed by atoms with Crippen molar-refractivity contribution >= 4 is 23.1 Å². The van der Waals surface area contributed by atoms with Crippen LogP contribution in [0.15, 0.2) is 54.6 Å². The Balaban J connectivity index is 1.50. The van der Waals surface area contributed by atoms with Gasteiger partial charge in [-0.3, -0.25) is 0 Å². The van der Waals surface area contributed by atoms with Crippen molar-refractivity contribution in [2.24, 2.45) is 0 Å². The summed E-state index contributed by atoms with van der Waals surface area (Å²) in [5, 5.41) is 2.76. The Morgan fingerprint density at radius 1 is 0.821 bits per heavy atom. The van der Waals surface area contributed by atoms with Gasteiger partial charge in [0.15, 0.2) is 0 Å². The van der Waals surface area contributed by atoms with Crippen molar-refractivity contribution in [3.05, 3.63) is 71.9 Å². The molecule has 0 aliphatic carbocycles. The van der Waals surface area contributed by atoms with E-state index in [9.17, 15) is 8.78 Å². The van der Waals surface area contributed by atoms with Crippen LogP contribution in [0.4, 0.5) is 31.9 Å². The van der Waals surface area contributed by atoms with E-state index in [1.807, 2.05) is 25.1 Å². The average Bonchev–Trinajstić information content (AvgIpc) is 2.71. The first-order valence-corrected chi connectivity index (χ1v) is 9.22. The summed E-state index contributed by atoms with van der Waals surface area (Å²) in [6, 6.07) is 15.7. The number of rotatable bonds is 4. The Hall–Kier alpha value is -3.22. The van der Waals surface area contributed by atoms with Crippen molar-refractivity contribution in [1.29, 1.82) is 0 Å². The average molecular weight is 381 g/mol. The molecule has 1 aliphatic heterocycles. The molecule has 2 aromatic carbocycles. The van der Waals surface area contributed by atoms with E-state index >= 15 is 0 Å². The van der Waals surface area contributed by atoms with E-state index in [1.54, 1.807) is 6.07 Å². The number of para-hydroxylation sites is 2. The maximum absolute atomic E-state index is 13.9. The first-order chi connectivity index (χ1) is 13.6. The number of aryl methyl sites for hydroxylation is 1. The lowest BCUT2D eigenvalue weighted by Gasteiger charge is -2.36. The van der Waals surface area contributed by atoms with Crippen LogP contribution in [-0.2, 0) is 0 Å². The van der Waals surface area contributed by atoms with E-state index < -0.39 is 11.6 Å². The minimum absolute atomic E-state index is 0.208. The number of hydrogen-bond donors (Lipinski definition) is 1. The van der Waals surface area contributed by atoms with Crippen molar-refractivity contribution in [3.63, 3.8) is 0 Å². The van der Waals surface area contributed by atoms with Crippen LogP contribution in [0.3, 0.4) is 0 Å². The highest BCUT2D eigenvalue weighted by Gasteiger charge is 2.20. The fraction of sp³-hybridized carbons (Fsp3) is 0.238. The summed E-state index contributed by atoms with van der Waals surface area (Å²) in [4.78, 5) is 13.4. The van der Waals surface area contributed by atoms with Crippen molar-refractivity contribution < 1.29 is 8.78 Å². The Bertz CT molecular complexity index is 936. The third kappa shape index (κ3) is 3.88. The topological polar surface area (TPSA) is 44.3 Å². The van der Waals surface area contributed by atoms with Crippen molar-refractivity contribution in [3.8, 4) is 0 Å². The minimum atomic E-state index is -0.658. The lowest BCUT2D eigenvalue weighted by atomic mass is 10.2. The van der Waals surface area contributed by atoms with Gasteiger partial charge in [0.1, 0.15) is 23.1 Å². The van der Waals surface area contributed by atoms with Crippen LogP contribution >= 0.6 is 0 Å². The Morgan fingerprint density at radius 2 is 1.46 bits per heavy atom. The molecule has 1 aromatic heterocycles. The molecule has 0 saturated carbocycles. The summed E-state index contributed by atoms with van der Waals surface area (Å²) in [6.07, 6.45) is 0. The molecular formula is C21H21F2N5. The van der Waals surface area contributed by atoms with E-state index in [0.29, 0.717) is 11.8 Å². The smallest absolute Gasteiger partial charge is 0.227 e. The van der Waals surface area contributed by atoms with Crippen LogP contribution in [0.5, 0.6) is 0 Å². The number of anilines is 4. The quantitative estimate of drug-likeness (QED) is 0.736.